The zero-order valence-electron chi connectivity index (χ0n) is 11.7. The van der Waals surface area contributed by atoms with Crippen molar-refractivity contribution in [2.24, 2.45) is 0 Å². The molecule has 0 saturated carbocycles. The van der Waals surface area contributed by atoms with Crippen molar-refractivity contribution >= 4 is 10.8 Å². The van der Waals surface area contributed by atoms with Gasteiger partial charge in [-0.25, -0.2) is 0 Å². The van der Waals surface area contributed by atoms with Gasteiger partial charge in [0.05, 0.1) is 13.2 Å². The first kappa shape index (κ1) is 12.6. The fourth-order valence-electron chi connectivity index (χ4n) is 2.86. The van der Waals surface area contributed by atoms with Gasteiger partial charge in [-0.1, -0.05) is 42.0 Å². The maximum atomic E-state index is 5.49. The number of hydrogen-bond acceptors (Lipinski definition) is 2. The molecule has 19 heavy (non-hydrogen) atoms. The Kier molecular flexibility index (Phi) is 3.29. The van der Waals surface area contributed by atoms with Crippen LogP contribution in [0.2, 0.25) is 0 Å². The fraction of sp³-hybridized carbons (Fsp3) is 0.412. The molecule has 0 aliphatic carbocycles. The molecule has 2 nitrogen and oxygen atoms in total. The van der Waals surface area contributed by atoms with Gasteiger partial charge in [0.15, 0.2) is 0 Å². The summed E-state index contributed by atoms with van der Waals surface area (Å²) >= 11 is 0. The molecule has 3 rings (SSSR count). The van der Waals surface area contributed by atoms with Crippen molar-refractivity contribution in [3.8, 4) is 0 Å². The predicted octanol–water partition coefficient (Wildman–Crippen LogP) is 3.03. The van der Waals surface area contributed by atoms with Crippen molar-refractivity contribution in [3.63, 3.8) is 0 Å². The van der Waals surface area contributed by atoms with Crippen LogP contribution in [0.4, 0.5) is 0 Å². The molecule has 0 aromatic heterocycles. The summed E-state index contributed by atoms with van der Waals surface area (Å²) in [6.07, 6.45) is 1.14. The highest BCUT2D eigenvalue weighted by atomic mass is 16.5. The largest absolute Gasteiger partial charge is 0.379 e. The third-order valence-electron chi connectivity index (χ3n) is 4.22. The highest BCUT2D eigenvalue weighted by Crippen LogP contribution is 2.36. The lowest BCUT2D eigenvalue weighted by atomic mass is 9.75. The summed E-state index contributed by atoms with van der Waals surface area (Å²) in [5.74, 6) is 0. The summed E-state index contributed by atoms with van der Waals surface area (Å²) in [5.41, 5.74) is 2.96. The molecule has 1 saturated heterocycles. The highest BCUT2D eigenvalue weighted by Gasteiger charge is 2.39. The second-order valence-electron chi connectivity index (χ2n) is 5.69. The number of ether oxygens (including phenoxy) is 1. The summed E-state index contributed by atoms with van der Waals surface area (Å²) in [5, 5.41) is 5.91. The van der Waals surface area contributed by atoms with Gasteiger partial charge in [-0.2, -0.15) is 0 Å². The summed E-state index contributed by atoms with van der Waals surface area (Å²) in [7, 11) is 2.01. The lowest BCUT2D eigenvalue weighted by Crippen LogP contribution is -2.48. The first-order valence-electron chi connectivity index (χ1n) is 6.97. The average Bonchev–Trinajstić information content (AvgIpc) is 2.37. The van der Waals surface area contributed by atoms with E-state index in [0.717, 1.165) is 26.2 Å². The maximum absolute atomic E-state index is 5.49. The summed E-state index contributed by atoms with van der Waals surface area (Å²) in [6, 6.07) is 13.5. The minimum absolute atomic E-state index is 0.224. The molecule has 2 aromatic rings. The minimum Gasteiger partial charge on any atom is -0.379 e. The Balaban J connectivity index is 1.97. The van der Waals surface area contributed by atoms with Crippen molar-refractivity contribution in [1.82, 2.24) is 5.32 Å². The van der Waals surface area contributed by atoms with Crippen molar-refractivity contribution in [3.05, 3.63) is 47.5 Å². The van der Waals surface area contributed by atoms with E-state index in [4.69, 9.17) is 4.74 Å². The van der Waals surface area contributed by atoms with Crippen LogP contribution in [0.25, 0.3) is 10.8 Å². The number of benzene rings is 2. The quantitative estimate of drug-likeness (QED) is 0.906. The van der Waals surface area contributed by atoms with E-state index in [9.17, 15) is 0 Å². The van der Waals surface area contributed by atoms with Gasteiger partial charge < -0.3 is 10.1 Å². The van der Waals surface area contributed by atoms with Crippen LogP contribution < -0.4 is 5.32 Å². The lowest BCUT2D eigenvalue weighted by Gasteiger charge is -2.42. The second kappa shape index (κ2) is 4.95. The Morgan fingerprint density at radius 3 is 2.53 bits per heavy atom. The Bertz CT molecular complexity index is 587. The van der Waals surface area contributed by atoms with Gasteiger partial charge in [0.1, 0.15) is 0 Å². The van der Waals surface area contributed by atoms with E-state index in [1.165, 1.54) is 21.9 Å². The first-order valence-corrected chi connectivity index (χ1v) is 6.97. The van der Waals surface area contributed by atoms with Gasteiger partial charge in [0, 0.05) is 5.41 Å². The van der Waals surface area contributed by atoms with Gasteiger partial charge in [0.25, 0.3) is 0 Å². The van der Waals surface area contributed by atoms with E-state index >= 15 is 0 Å². The molecule has 1 aliphatic rings. The van der Waals surface area contributed by atoms with Gasteiger partial charge in [-0.3, -0.25) is 0 Å². The molecule has 1 heterocycles. The first-order chi connectivity index (χ1) is 9.23. The number of aryl methyl sites for hydroxylation is 1. The summed E-state index contributed by atoms with van der Waals surface area (Å²) in [6.45, 7) is 4.88. The Labute approximate surface area is 114 Å². The van der Waals surface area contributed by atoms with Gasteiger partial charge in [-0.15, -0.1) is 0 Å². The van der Waals surface area contributed by atoms with Crippen LogP contribution in [0.3, 0.4) is 0 Å². The zero-order chi connectivity index (χ0) is 13.3. The minimum atomic E-state index is 0.224. The molecular formula is C17H21NO. The Hall–Kier alpha value is -1.38. The van der Waals surface area contributed by atoms with E-state index in [0.29, 0.717) is 0 Å². The van der Waals surface area contributed by atoms with Crippen molar-refractivity contribution in [2.45, 2.75) is 18.8 Å². The highest BCUT2D eigenvalue weighted by molar-refractivity contribution is 5.84. The maximum Gasteiger partial charge on any atom is 0.0586 e. The lowest BCUT2D eigenvalue weighted by molar-refractivity contribution is -0.0637. The molecule has 0 atom stereocenters. The van der Waals surface area contributed by atoms with E-state index in [-0.39, 0.29) is 5.41 Å². The number of nitrogens with one attached hydrogen (secondary N) is 1. The van der Waals surface area contributed by atoms with E-state index in [2.05, 4.69) is 48.6 Å². The van der Waals surface area contributed by atoms with Crippen LogP contribution in [-0.2, 0) is 10.2 Å². The molecule has 1 aliphatic heterocycles. The Morgan fingerprint density at radius 2 is 1.84 bits per heavy atom. The number of fused-ring (bicyclic) bond motifs is 1. The molecular weight excluding hydrogens is 234 g/mol. The van der Waals surface area contributed by atoms with Crippen LogP contribution in [0.5, 0.6) is 0 Å². The van der Waals surface area contributed by atoms with Crippen LogP contribution in [-0.4, -0.2) is 26.8 Å². The van der Waals surface area contributed by atoms with Gasteiger partial charge >= 0.3 is 0 Å². The third kappa shape index (κ3) is 2.26. The molecule has 2 aromatic carbocycles. The van der Waals surface area contributed by atoms with Gasteiger partial charge in [0.2, 0.25) is 0 Å². The summed E-state index contributed by atoms with van der Waals surface area (Å²) in [4.78, 5) is 0. The van der Waals surface area contributed by atoms with E-state index in [1.54, 1.807) is 0 Å². The van der Waals surface area contributed by atoms with Crippen LogP contribution in [0.1, 0.15) is 17.5 Å². The third-order valence-corrected chi connectivity index (χ3v) is 4.22. The second-order valence-corrected chi connectivity index (χ2v) is 5.69. The molecule has 0 radical (unpaired) electrons. The standard InChI is InChI=1S/C17H21NO/c1-13-3-4-15-10-16(6-5-14(15)9-13)17(7-8-18-2)11-19-12-17/h3-6,9-10,18H,7-8,11-12H2,1-2H3. The molecule has 2 heteroatoms. The predicted molar refractivity (Wildman–Crippen MR) is 79.7 cm³/mol. The van der Waals surface area contributed by atoms with Crippen molar-refractivity contribution < 1.29 is 4.74 Å². The van der Waals surface area contributed by atoms with Crippen molar-refractivity contribution in [1.29, 1.82) is 0 Å². The molecule has 100 valence electrons. The smallest absolute Gasteiger partial charge is 0.0586 e. The summed E-state index contributed by atoms with van der Waals surface area (Å²) < 4.78 is 5.49. The zero-order valence-corrected chi connectivity index (χ0v) is 11.7. The van der Waals surface area contributed by atoms with Crippen LogP contribution in [0, 0.1) is 6.92 Å². The normalized spacial score (nSPS) is 17.4. The molecule has 0 bridgehead atoms. The number of hydrogen-bond donors (Lipinski definition) is 1. The monoisotopic (exact) mass is 255 g/mol. The number of rotatable bonds is 4. The average molecular weight is 255 g/mol. The van der Waals surface area contributed by atoms with E-state index < -0.39 is 0 Å². The van der Waals surface area contributed by atoms with Crippen molar-refractivity contribution in [2.75, 3.05) is 26.8 Å². The fourth-order valence-corrected chi connectivity index (χ4v) is 2.86. The van der Waals surface area contributed by atoms with E-state index in [1.807, 2.05) is 7.05 Å². The Morgan fingerprint density at radius 1 is 1.11 bits per heavy atom. The molecule has 1 N–H and O–H groups in total. The van der Waals surface area contributed by atoms with Crippen LogP contribution in [0.15, 0.2) is 36.4 Å². The van der Waals surface area contributed by atoms with Crippen LogP contribution >= 0.6 is 0 Å². The topological polar surface area (TPSA) is 21.3 Å². The molecule has 0 amide bonds. The molecule has 0 unspecified atom stereocenters. The van der Waals surface area contributed by atoms with Gasteiger partial charge in [-0.05, 0) is 43.3 Å². The SMILES string of the molecule is CNCCC1(c2ccc3cc(C)ccc3c2)COC1. The molecule has 0 spiro atoms. The molecule has 1 fully saturated rings.